The Kier molecular flexibility index (Phi) is 2.39. The van der Waals surface area contributed by atoms with Crippen molar-refractivity contribution >= 4 is 5.78 Å². The van der Waals surface area contributed by atoms with Crippen LogP contribution < -0.4 is 9.47 Å². The Morgan fingerprint density at radius 1 is 1.48 bits per heavy atom. The number of likely N-dealkylation sites (N-methyl/N-ethyl adjacent to an activating group) is 1. The minimum atomic E-state index is -0.488. The number of nitrogens with zero attached hydrogens (tertiary/aromatic N) is 1. The third kappa shape index (κ3) is 1.36. The molecular weight excluding hydrogens is 296 g/mol. The van der Waals surface area contributed by atoms with Gasteiger partial charge in [0, 0.05) is 29.2 Å². The number of rotatable bonds is 1. The molecule has 1 aromatic rings. The zero-order valence-corrected chi connectivity index (χ0v) is 13.2. The first-order valence-corrected chi connectivity index (χ1v) is 8.10. The first kappa shape index (κ1) is 13.4. The van der Waals surface area contributed by atoms with Crippen LogP contribution in [0.2, 0.25) is 0 Å². The maximum atomic E-state index is 12.6. The summed E-state index contributed by atoms with van der Waals surface area (Å²) in [5.74, 6) is 1.70. The van der Waals surface area contributed by atoms with Gasteiger partial charge < -0.3 is 19.5 Å². The lowest BCUT2D eigenvalue weighted by Gasteiger charge is -2.55. The maximum Gasteiger partial charge on any atom is 0.196 e. The smallest absolute Gasteiger partial charge is 0.196 e. The largest absolute Gasteiger partial charge is 0.508 e. The summed E-state index contributed by atoms with van der Waals surface area (Å²) < 4.78 is 11.6. The molecule has 2 aliphatic heterocycles. The zero-order chi connectivity index (χ0) is 15.9. The van der Waals surface area contributed by atoms with Crippen LogP contribution in [-0.4, -0.2) is 48.6 Å². The van der Waals surface area contributed by atoms with E-state index < -0.39 is 6.10 Å². The van der Waals surface area contributed by atoms with Gasteiger partial charge in [-0.05, 0) is 32.5 Å². The number of phenols is 1. The van der Waals surface area contributed by atoms with E-state index in [0.717, 1.165) is 30.5 Å². The van der Waals surface area contributed by atoms with Crippen molar-refractivity contribution in [3.8, 4) is 17.2 Å². The summed E-state index contributed by atoms with van der Waals surface area (Å²) in [7, 11) is 3.69. The van der Waals surface area contributed by atoms with Crippen molar-refractivity contribution in [2.45, 2.75) is 30.4 Å². The Bertz CT molecular complexity index is 771. The van der Waals surface area contributed by atoms with Gasteiger partial charge in [0.1, 0.15) is 5.75 Å². The van der Waals surface area contributed by atoms with Gasteiger partial charge in [-0.25, -0.2) is 0 Å². The second kappa shape index (κ2) is 4.09. The van der Waals surface area contributed by atoms with Crippen molar-refractivity contribution in [3.63, 3.8) is 0 Å². The number of ketones is 1. The Labute approximate surface area is 134 Å². The van der Waals surface area contributed by atoms with Crippen molar-refractivity contribution in [2.75, 3.05) is 20.7 Å². The van der Waals surface area contributed by atoms with Crippen LogP contribution >= 0.6 is 0 Å². The summed E-state index contributed by atoms with van der Waals surface area (Å²) in [6.45, 7) is 0.930. The van der Waals surface area contributed by atoms with E-state index in [2.05, 4.69) is 18.0 Å². The predicted molar refractivity (Wildman–Crippen MR) is 83.1 cm³/mol. The number of likely N-dealkylation sites (tertiary alicyclic amines) is 1. The van der Waals surface area contributed by atoms with Crippen molar-refractivity contribution in [1.82, 2.24) is 4.90 Å². The monoisotopic (exact) mass is 315 g/mol. The summed E-state index contributed by atoms with van der Waals surface area (Å²) in [6.07, 6.45) is 4.90. The molecule has 4 atom stereocenters. The molecule has 1 aromatic carbocycles. The quantitative estimate of drug-likeness (QED) is 0.794. The first-order chi connectivity index (χ1) is 11.1. The molecule has 120 valence electrons. The average Bonchev–Trinajstić information content (AvgIpc) is 2.89. The fraction of sp³-hybridized carbons (Fsp3) is 0.500. The summed E-state index contributed by atoms with van der Waals surface area (Å²) in [5, 5.41) is 10.5. The molecule has 0 unspecified atom stereocenters. The van der Waals surface area contributed by atoms with Crippen LogP contribution in [0.5, 0.6) is 17.2 Å². The van der Waals surface area contributed by atoms with Crippen LogP contribution in [0.1, 0.15) is 17.5 Å². The molecule has 5 rings (SSSR count). The molecule has 2 bridgehead atoms. The van der Waals surface area contributed by atoms with Crippen LogP contribution in [0, 0.1) is 5.92 Å². The minimum absolute atomic E-state index is 0.0233. The minimum Gasteiger partial charge on any atom is -0.508 e. The molecule has 4 aliphatic rings. The highest BCUT2D eigenvalue weighted by Crippen LogP contribution is 2.63. The number of methoxy groups -OCH3 is 1. The van der Waals surface area contributed by atoms with Gasteiger partial charge in [0.2, 0.25) is 0 Å². The highest BCUT2D eigenvalue weighted by atomic mass is 18.2. The highest BCUT2D eigenvalue weighted by molar-refractivity contribution is 5.98. The van der Waals surface area contributed by atoms with E-state index in [4.69, 9.17) is 9.47 Å². The number of ether oxygens (including phenoxy) is 2. The first-order valence-electron chi connectivity index (χ1n) is 8.10. The number of carbonyl (C=O) groups excluding carboxylic acids is 1. The second-order valence-electron chi connectivity index (χ2n) is 7.11. The number of carbonyl (C=O) groups is 1. The van der Waals surface area contributed by atoms with E-state index >= 15 is 0 Å². The standard InChI is InChI=1S/C18H19NO4/c1-19-6-5-18-10-3-4-12(20)17(18)23-16-14(22-2)8-13(21)9(15(16)18)7-11(10)19/h3-4,8,10-11,17,21H,5-7H2,1-2H3/t10-,11+,17-,18-/m0/s1/i21+2. The topological polar surface area (TPSA) is 59.0 Å². The number of benzene rings is 1. The Morgan fingerprint density at radius 3 is 3.09 bits per heavy atom. The Morgan fingerprint density at radius 2 is 2.30 bits per heavy atom. The summed E-state index contributed by atoms with van der Waals surface area (Å²) in [4.78, 5) is 14.9. The predicted octanol–water partition coefficient (Wildman–Crippen LogP) is 1.41. The van der Waals surface area contributed by atoms with Crippen molar-refractivity contribution < 1.29 is 19.4 Å². The fourth-order valence-electron chi connectivity index (χ4n) is 5.29. The van der Waals surface area contributed by atoms with E-state index in [0.29, 0.717) is 11.5 Å². The molecule has 1 spiro atoms. The normalized spacial score (nSPS) is 36.6. The second-order valence-corrected chi connectivity index (χ2v) is 7.11. The lowest BCUT2D eigenvalue weighted by atomic mass is 9.53. The summed E-state index contributed by atoms with van der Waals surface area (Å²) in [5.41, 5.74) is 1.60. The van der Waals surface area contributed by atoms with Crippen LogP contribution in [-0.2, 0) is 16.6 Å². The molecule has 1 N–H and O–H groups in total. The van der Waals surface area contributed by atoms with Crippen molar-refractivity contribution in [1.29, 1.82) is 0 Å². The SMILES string of the molecule is COc1cc([18OH])c2c3c1O[C@H]1C(=O)C=C[C@H]4[C@@H](C2)N(C)CC[C@]314. The molecule has 2 heterocycles. The molecule has 0 amide bonds. The van der Waals surface area contributed by atoms with E-state index in [1.807, 2.05) is 0 Å². The van der Waals surface area contributed by atoms with Gasteiger partial charge >= 0.3 is 0 Å². The lowest BCUT2D eigenvalue weighted by Crippen LogP contribution is -2.64. The van der Waals surface area contributed by atoms with Gasteiger partial charge in [-0.1, -0.05) is 6.08 Å². The molecule has 1 fully saturated rings. The zero-order valence-electron chi connectivity index (χ0n) is 13.2. The summed E-state index contributed by atoms with van der Waals surface area (Å²) >= 11 is 0. The average molecular weight is 315 g/mol. The van der Waals surface area contributed by atoms with Gasteiger partial charge in [0.15, 0.2) is 23.4 Å². The van der Waals surface area contributed by atoms with Crippen molar-refractivity contribution in [2.24, 2.45) is 5.92 Å². The number of hydrogen-bond acceptors (Lipinski definition) is 5. The lowest BCUT2D eigenvalue weighted by molar-refractivity contribution is -0.127. The molecule has 0 saturated carbocycles. The molecule has 0 radical (unpaired) electrons. The fourth-order valence-corrected chi connectivity index (χ4v) is 5.29. The number of piperidine rings is 1. The summed E-state index contributed by atoms with van der Waals surface area (Å²) in [6, 6.07) is 1.91. The van der Waals surface area contributed by atoms with E-state index in [9.17, 15) is 9.90 Å². The van der Waals surface area contributed by atoms with E-state index in [-0.39, 0.29) is 28.9 Å². The third-order valence-electron chi connectivity index (χ3n) is 6.31. The van der Waals surface area contributed by atoms with Crippen molar-refractivity contribution in [3.05, 3.63) is 29.3 Å². The molecule has 0 aromatic heterocycles. The van der Waals surface area contributed by atoms with Crippen LogP contribution in [0.15, 0.2) is 18.2 Å². The van der Waals surface area contributed by atoms with Crippen LogP contribution in [0.4, 0.5) is 0 Å². The number of hydrogen-bond donors (Lipinski definition) is 1. The van der Waals surface area contributed by atoms with Gasteiger partial charge in [0.05, 0.1) is 12.5 Å². The van der Waals surface area contributed by atoms with E-state index in [1.165, 1.54) is 0 Å². The molecular formula is C18H19NO4. The Balaban J connectivity index is 1.87. The molecule has 1 saturated heterocycles. The molecule has 2 aliphatic carbocycles. The van der Waals surface area contributed by atoms with Gasteiger partial charge in [-0.3, -0.25) is 4.79 Å². The third-order valence-corrected chi connectivity index (χ3v) is 6.31. The highest BCUT2D eigenvalue weighted by Gasteiger charge is 2.65. The molecule has 5 heteroatoms. The Hall–Kier alpha value is -2.01. The van der Waals surface area contributed by atoms with Crippen LogP contribution in [0.25, 0.3) is 0 Å². The van der Waals surface area contributed by atoms with Gasteiger partial charge in [-0.2, -0.15) is 0 Å². The maximum absolute atomic E-state index is 12.6. The molecule has 23 heavy (non-hydrogen) atoms. The van der Waals surface area contributed by atoms with Crippen LogP contribution in [0.3, 0.4) is 0 Å². The molecule has 5 nitrogen and oxygen atoms in total. The van der Waals surface area contributed by atoms with Gasteiger partial charge in [-0.15, -0.1) is 0 Å². The number of aromatic hydroxyl groups is 1. The van der Waals surface area contributed by atoms with E-state index in [1.54, 1.807) is 19.3 Å². The number of phenolic OH excluding ortho intramolecular Hbond substituents is 1. The van der Waals surface area contributed by atoms with Gasteiger partial charge in [0.25, 0.3) is 0 Å².